The van der Waals surface area contributed by atoms with Crippen LogP contribution < -0.4 is 4.74 Å². The second kappa shape index (κ2) is 4.83. The predicted molar refractivity (Wildman–Crippen MR) is 68.2 cm³/mol. The van der Waals surface area contributed by atoms with Gasteiger partial charge in [0.05, 0.1) is 12.2 Å². The van der Waals surface area contributed by atoms with Crippen LogP contribution in [0.4, 0.5) is 0 Å². The van der Waals surface area contributed by atoms with E-state index in [1.54, 1.807) is 13.0 Å². The minimum absolute atomic E-state index is 0.341. The largest absolute Gasteiger partial charge is 0.417 e. The number of ether oxygens (including phenoxy) is 2. The number of carbonyl (C=O) groups is 1. The fourth-order valence-electron chi connectivity index (χ4n) is 2.13. The first-order valence-corrected chi connectivity index (χ1v) is 5.95. The second-order valence-corrected chi connectivity index (χ2v) is 4.69. The number of hydrogen-bond donors (Lipinski definition) is 0. The first-order valence-electron chi connectivity index (χ1n) is 5.95. The summed E-state index contributed by atoms with van der Waals surface area (Å²) >= 11 is 0. The Morgan fingerprint density at radius 2 is 2.22 bits per heavy atom. The molecule has 0 bridgehead atoms. The van der Waals surface area contributed by atoms with Gasteiger partial charge in [0.1, 0.15) is 5.75 Å². The monoisotopic (exact) mass is 244 g/mol. The summed E-state index contributed by atoms with van der Waals surface area (Å²) in [7, 11) is 0. The summed E-state index contributed by atoms with van der Waals surface area (Å²) in [6.45, 7) is 6.36. The van der Waals surface area contributed by atoms with Crippen molar-refractivity contribution < 1.29 is 14.3 Å². The van der Waals surface area contributed by atoms with Crippen LogP contribution in [-0.4, -0.2) is 12.6 Å². The maximum atomic E-state index is 11.3. The van der Waals surface area contributed by atoms with Gasteiger partial charge in [-0.15, -0.1) is 0 Å². The summed E-state index contributed by atoms with van der Waals surface area (Å²) in [6.07, 6.45) is 0.891. The van der Waals surface area contributed by atoms with Crippen LogP contribution >= 0.6 is 0 Å². The average Bonchev–Trinajstić information content (AvgIpc) is 2.30. The van der Waals surface area contributed by atoms with Crippen molar-refractivity contribution in [3.05, 3.63) is 29.3 Å². The van der Waals surface area contributed by atoms with E-state index < -0.39 is 5.97 Å². The Morgan fingerprint density at radius 3 is 2.94 bits per heavy atom. The maximum absolute atomic E-state index is 11.3. The molecule has 0 amide bonds. The Balaban J connectivity index is 2.30. The molecule has 94 valence electrons. The van der Waals surface area contributed by atoms with Crippen molar-refractivity contribution >= 4 is 5.97 Å². The van der Waals surface area contributed by atoms with Crippen LogP contribution in [0.2, 0.25) is 0 Å². The first-order chi connectivity index (χ1) is 8.53. The van der Waals surface area contributed by atoms with Crippen molar-refractivity contribution in [2.45, 2.75) is 32.8 Å². The fourth-order valence-corrected chi connectivity index (χ4v) is 2.13. The van der Waals surface area contributed by atoms with Gasteiger partial charge in [-0.3, -0.25) is 0 Å². The van der Waals surface area contributed by atoms with Crippen LogP contribution in [0.3, 0.4) is 0 Å². The smallest absolute Gasteiger partial charge is 0.389 e. The third-order valence-corrected chi connectivity index (χ3v) is 3.00. The van der Waals surface area contributed by atoms with E-state index in [4.69, 9.17) is 9.47 Å². The molecule has 1 aromatic carbocycles. The Bertz CT molecular complexity index is 532. The molecule has 1 aromatic rings. The highest BCUT2D eigenvalue weighted by molar-refractivity contribution is 5.90. The molecule has 1 aliphatic rings. The standard InChI is InChI=1S/C15H16O3/c1-4-5-14(16)18-12-7-6-11-8-9-17-15(2,3)13(11)10-12/h6-7,10H,8-9H2,1-3H3. The minimum Gasteiger partial charge on any atom is -0.417 e. The van der Waals surface area contributed by atoms with Gasteiger partial charge in [0.25, 0.3) is 0 Å². The molecule has 0 saturated heterocycles. The average molecular weight is 244 g/mol. The van der Waals surface area contributed by atoms with E-state index in [0.717, 1.165) is 18.6 Å². The zero-order valence-electron chi connectivity index (χ0n) is 10.9. The lowest BCUT2D eigenvalue weighted by molar-refractivity contribution is -0.128. The number of hydrogen-bond acceptors (Lipinski definition) is 3. The highest BCUT2D eigenvalue weighted by Crippen LogP contribution is 2.34. The van der Waals surface area contributed by atoms with E-state index in [-0.39, 0.29) is 5.60 Å². The molecule has 0 saturated carbocycles. The van der Waals surface area contributed by atoms with Gasteiger partial charge in [-0.05, 0) is 50.5 Å². The quantitative estimate of drug-likeness (QED) is 0.329. The lowest BCUT2D eigenvalue weighted by Gasteiger charge is -2.33. The van der Waals surface area contributed by atoms with Crippen molar-refractivity contribution in [1.29, 1.82) is 0 Å². The van der Waals surface area contributed by atoms with Crippen molar-refractivity contribution in [2.75, 3.05) is 6.61 Å². The van der Waals surface area contributed by atoms with Crippen LogP contribution in [0.15, 0.2) is 18.2 Å². The van der Waals surface area contributed by atoms with Crippen molar-refractivity contribution in [3.63, 3.8) is 0 Å². The minimum atomic E-state index is -0.535. The molecule has 0 spiro atoms. The molecule has 18 heavy (non-hydrogen) atoms. The summed E-state index contributed by atoms with van der Waals surface area (Å²) in [5, 5.41) is 0. The zero-order valence-corrected chi connectivity index (χ0v) is 10.9. The number of esters is 1. The molecule has 1 aliphatic heterocycles. The van der Waals surface area contributed by atoms with Crippen LogP contribution in [0.25, 0.3) is 0 Å². The van der Waals surface area contributed by atoms with E-state index in [2.05, 4.69) is 11.8 Å². The maximum Gasteiger partial charge on any atom is 0.389 e. The number of benzene rings is 1. The van der Waals surface area contributed by atoms with E-state index in [0.29, 0.717) is 5.75 Å². The molecule has 1 heterocycles. The van der Waals surface area contributed by atoms with Crippen LogP contribution in [0.1, 0.15) is 31.9 Å². The molecule has 0 aromatic heterocycles. The van der Waals surface area contributed by atoms with E-state index >= 15 is 0 Å². The third-order valence-electron chi connectivity index (χ3n) is 3.00. The van der Waals surface area contributed by atoms with E-state index in [9.17, 15) is 4.79 Å². The Kier molecular flexibility index (Phi) is 3.40. The van der Waals surface area contributed by atoms with Gasteiger partial charge < -0.3 is 9.47 Å². The van der Waals surface area contributed by atoms with Crippen molar-refractivity contribution in [1.82, 2.24) is 0 Å². The van der Waals surface area contributed by atoms with Gasteiger partial charge in [-0.1, -0.05) is 12.0 Å². The van der Waals surface area contributed by atoms with Gasteiger partial charge >= 0.3 is 5.97 Å². The molecule has 0 radical (unpaired) electrons. The van der Waals surface area contributed by atoms with Gasteiger partial charge in [-0.2, -0.15) is 0 Å². The van der Waals surface area contributed by atoms with E-state index in [1.807, 2.05) is 26.0 Å². The van der Waals surface area contributed by atoms with Gasteiger partial charge in [-0.25, -0.2) is 4.79 Å². The van der Waals surface area contributed by atoms with Crippen LogP contribution in [-0.2, 0) is 21.6 Å². The lowest BCUT2D eigenvalue weighted by Crippen LogP contribution is -2.29. The summed E-state index contributed by atoms with van der Waals surface area (Å²) in [6, 6.07) is 5.65. The molecule has 3 nitrogen and oxygen atoms in total. The van der Waals surface area contributed by atoms with Gasteiger partial charge in [0.15, 0.2) is 0 Å². The Morgan fingerprint density at radius 1 is 1.44 bits per heavy atom. The summed E-state index contributed by atoms with van der Waals surface area (Å²) < 4.78 is 10.9. The van der Waals surface area contributed by atoms with Crippen LogP contribution in [0, 0.1) is 11.8 Å². The first kappa shape index (κ1) is 12.7. The predicted octanol–water partition coefficient (Wildman–Crippen LogP) is 2.42. The van der Waals surface area contributed by atoms with E-state index in [1.165, 1.54) is 5.56 Å². The highest BCUT2D eigenvalue weighted by atomic mass is 16.5. The lowest BCUT2D eigenvalue weighted by atomic mass is 9.89. The number of fused-ring (bicyclic) bond motifs is 1. The molecule has 2 rings (SSSR count). The molecular formula is C15H16O3. The van der Waals surface area contributed by atoms with Crippen LogP contribution in [0.5, 0.6) is 5.75 Å². The van der Waals surface area contributed by atoms with Gasteiger partial charge in [0.2, 0.25) is 0 Å². The third kappa shape index (κ3) is 2.55. The normalized spacial score (nSPS) is 16.2. The molecule has 0 N–H and O–H groups in total. The summed E-state index contributed by atoms with van der Waals surface area (Å²) in [5.74, 6) is 4.85. The van der Waals surface area contributed by atoms with Gasteiger partial charge in [0, 0.05) is 5.92 Å². The molecule has 0 fully saturated rings. The molecule has 0 atom stereocenters. The zero-order chi connectivity index (χ0) is 13.2. The SMILES string of the molecule is CC#CC(=O)Oc1ccc2c(c1)C(C)(C)OCC2. The topological polar surface area (TPSA) is 35.5 Å². The molecule has 3 heteroatoms. The second-order valence-electron chi connectivity index (χ2n) is 4.69. The number of rotatable bonds is 1. The molecular weight excluding hydrogens is 228 g/mol. The molecule has 0 aliphatic carbocycles. The highest BCUT2D eigenvalue weighted by Gasteiger charge is 2.28. The summed E-state index contributed by atoms with van der Waals surface area (Å²) in [4.78, 5) is 11.3. The van der Waals surface area contributed by atoms with Crippen molar-refractivity contribution in [3.8, 4) is 17.6 Å². The number of carbonyl (C=O) groups excluding carboxylic acids is 1. The van der Waals surface area contributed by atoms with Crippen molar-refractivity contribution in [2.24, 2.45) is 0 Å². The summed E-state index contributed by atoms with van der Waals surface area (Å²) in [5.41, 5.74) is 1.98. The Labute approximate surface area is 107 Å². The Hall–Kier alpha value is -1.79. The molecule has 0 unspecified atom stereocenters. The fraction of sp³-hybridized carbons (Fsp3) is 0.400.